The average Bonchev–Trinajstić information content (AvgIpc) is 2.87. The lowest BCUT2D eigenvalue weighted by Gasteiger charge is -2.36. The minimum Gasteiger partial charge on any atom is -0.493 e. The summed E-state index contributed by atoms with van der Waals surface area (Å²) in [5.41, 5.74) is 2.77. The Kier molecular flexibility index (Phi) is 6.83. The predicted molar refractivity (Wildman–Crippen MR) is 139 cm³/mol. The van der Waals surface area contributed by atoms with Gasteiger partial charge in [0.15, 0.2) is 23.1 Å². The van der Waals surface area contributed by atoms with E-state index in [1.807, 2.05) is 12.1 Å². The van der Waals surface area contributed by atoms with Crippen molar-refractivity contribution in [3.63, 3.8) is 0 Å². The molecule has 1 aliphatic heterocycles. The Labute approximate surface area is 221 Å². The average molecular weight is 601 g/mol. The number of carbonyl (C=O) groups excluding carboxylic acids is 2. The first-order chi connectivity index (χ1) is 17.4. The molecule has 0 radical (unpaired) electrons. The number of carbonyl (C=O) groups is 2. The summed E-state index contributed by atoms with van der Waals surface area (Å²) in [4.78, 5) is 36.6. The molecule has 2 aliphatic carbocycles. The Hall–Kier alpha value is -3.21. The molecule has 0 atom stereocenters. The van der Waals surface area contributed by atoms with Gasteiger partial charge >= 0.3 is 0 Å². The summed E-state index contributed by atoms with van der Waals surface area (Å²) < 4.78 is 18.6. The standard InChI is InChI=1S/C27H24INO7/c1-34-23-13-16(12-18(28)27(23)35-14-15-8-10-17(11-9-15)29(32)33)24-25-19(30)4-2-6-21(25)36-22-7-3-5-20(31)26(22)24/h8-13,24H,2-7,14H2,1H3. The van der Waals surface area contributed by atoms with Gasteiger partial charge in [-0.15, -0.1) is 0 Å². The van der Waals surface area contributed by atoms with E-state index in [1.54, 1.807) is 19.2 Å². The molecule has 5 rings (SSSR count). The van der Waals surface area contributed by atoms with Crippen molar-refractivity contribution in [2.24, 2.45) is 0 Å². The summed E-state index contributed by atoms with van der Waals surface area (Å²) in [5.74, 6) is 1.98. The summed E-state index contributed by atoms with van der Waals surface area (Å²) in [6, 6.07) is 9.95. The number of nitrogens with zero attached hydrogens (tertiary/aromatic N) is 1. The third-order valence-electron chi connectivity index (χ3n) is 6.76. The maximum Gasteiger partial charge on any atom is 0.269 e. The van der Waals surface area contributed by atoms with E-state index in [1.165, 1.54) is 12.1 Å². The summed E-state index contributed by atoms with van der Waals surface area (Å²) in [7, 11) is 1.55. The number of allylic oxidation sites excluding steroid dienone is 4. The second-order valence-corrected chi connectivity index (χ2v) is 10.2. The van der Waals surface area contributed by atoms with Crippen LogP contribution in [0.25, 0.3) is 0 Å². The highest BCUT2D eigenvalue weighted by Gasteiger charge is 2.42. The number of halogens is 1. The first-order valence-electron chi connectivity index (χ1n) is 11.8. The van der Waals surface area contributed by atoms with E-state index in [2.05, 4.69) is 22.6 Å². The molecule has 0 N–H and O–H groups in total. The maximum atomic E-state index is 13.1. The molecule has 0 unspecified atom stereocenters. The van der Waals surface area contributed by atoms with Gasteiger partial charge < -0.3 is 14.2 Å². The molecule has 0 saturated heterocycles. The van der Waals surface area contributed by atoms with Crippen LogP contribution in [-0.4, -0.2) is 23.6 Å². The second kappa shape index (κ2) is 10.0. The van der Waals surface area contributed by atoms with Crippen LogP contribution in [0.5, 0.6) is 11.5 Å². The third kappa shape index (κ3) is 4.52. The van der Waals surface area contributed by atoms with E-state index < -0.39 is 10.8 Å². The SMILES string of the molecule is COc1cc(C2C3=C(CCCC3=O)OC3=C2C(=O)CCC3)cc(I)c1OCc1ccc([N+](=O)[O-])cc1. The van der Waals surface area contributed by atoms with Crippen molar-refractivity contribution < 1.29 is 28.7 Å². The minimum absolute atomic E-state index is 0.0172. The number of ether oxygens (including phenoxy) is 3. The normalized spacial score (nSPS) is 17.9. The van der Waals surface area contributed by atoms with Crippen molar-refractivity contribution in [3.8, 4) is 11.5 Å². The number of benzene rings is 2. The number of hydrogen-bond acceptors (Lipinski definition) is 7. The molecule has 8 nitrogen and oxygen atoms in total. The minimum atomic E-state index is -0.476. The van der Waals surface area contributed by atoms with E-state index >= 15 is 0 Å². The molecule has 2 aromatic rings. The van der Waals surface area contributed by atoms with Gasteiger partial charge in [0.1, 0.15) is 18.1 Å². The lowest BCUT2D eigenvalue weighted by Crippen LogP contribution is -2.30. The molecule has 0 spiro atoms. The Morgan fingerprint density at radius 3 is 2.17 bits per heavy atom. The zero-order valence-electron chi connectivity index (χ0n) is 19.7. The third-order valence-corrected chi connectivity index (χ3v) is 7.56. The van der Waals surface area contributed by atoms with Crippen molar-refractivity contribution >= 4 is 39.8 Å². The number of ketones is 2. The van der Waals surface area contributed by atoms with Crippen LogP contribution in [0.4, 0.5) is 5.69 Å². The van der Waals surface area contributed by atoms with E-state index in [9.17, 15) is 19.7 Å². The van der Waals surface area contributed by atoms with E-state index in [0.717, 1.165) is 27.5 Å². The van der Waals surface area contributed by atoms with Crippen molar-refractivity contribution in [2.45, 2.75) is 51.0 Å². The van der Waals surface area contributed by atoms with Crippen LogP contribution in [0.2, 0.25) is 0 Å². The van der Waals surface area contributed by atoms with Crippen LogP contribution in [0.15, 0.2) is 59.1 Å². The van der Waals surface area contributed by atoms with Crippen LogP contribution in [0.3, 0.4) is 0 Å². The number of rotatable bonds is 6. The van der Waals surface area contributed by atoms with Crippen molar-refractivity contribution in [1.29, 1.82) is 0 Å². The molecule has 36 heavy (non-hydrogen) atoms. The highest BCUT2D eigenvalue weighted by atomic mass is 127. The second-order valence-electron chi connectivity index (χ2n) is 9.01. The fourth-order valence-corrected chi connectivity index (χ4v) is 5.85. The molecule has 2 aromatic carbocycles. The van der Waals surface area contributed by atoms with Gasteiger partial charge in [0.2, 0.25) is 0 Å². The van der Waals surface area contributed by atoms with Crippen molar-refractivity contribution in [2.75, 3.05) is 7.11 Å². The number of Topliss-reactive ketones (excluding diaryl/α,β-unsaturated/α-hetero) is 2. The lowest BCUT2D eigenvalue weighted by atomic mass is 9.73. The summed E-state index contributed by atoms with van der Waals surface area (Å²) >= 11 is 2.17. The molecule has 0 amide bonds. The van der Waals surface area contributed by atoms with Gasteiger partial charge in [0.25, 0.3) is 5.69 Å². The topological polar surface area (TPSA) is 105 Å². The van der Waals surface area contributed by atoms with Gasteiger partial charge in [-0.05, 0) is 70.8 Å². The Morgan fingerprint density at radius 1 is 1.00 bits per heavy atom. The number of methoxy groups -OCH3 is 1. The zero-order chi connectivity index (χ0) is 25.4. The fraction of sp³-hybridized carbons (Fsp3) is 0.333. The van der Waals surface area contributed by atoms with Crippen LogP contribution in [-0.2, 0) is 20.9 Å². The molecular formula is C27H24INO7. The lowest BCUT2D eigenvalue weighted by molar-refractivity contribution is -0.384. The molecular weight excluding hydrogens is 577 g/mol. The fourth-order valence-electron chi connectivity index (χ4n) is 5.07. The highest BCUT2D eigenvalue weighted by Crippen LogP contribution is 2.49. The van der Waals surface area contributed by atoms with E-state index in [4.69, 9.17) is 14.2 Å². The zero-order valence-corrected chi connectivity index (χ0v) is 21.8. The Morgan fingerprint density at radius 2 is 1.61 bits per heavy atom. The molecule has 1 heterocycles. The maximum absolute atomic E-state index is 13.1. The quantitative estimate of drug-likeness (QED) is 0.230. The largest absolute Gasteiger partial charge is 0.493 e. The van der Waals surface area contributed by atoms with Crippen molar-refractivity contribution in [1.82, 2.24) is 0 Å². The molecule has 186 valence electrons. The first-order valence-corrected chi connectivity index (χ1v) is 12.9. The van der Waals surface area contributed by atoms with Gasteiger partial charge in [-0.1, -0.05) is 0 Å². The number of nitro benzene ring substituents is 1. The molecule has 0 aromatic heterocycles. The smallest absolute Gasteiger partial charge is 0.269 e. The number of non-ortho nitro benzene ring substituents is 1. The van der Waals surface area contributed by atoms with Gasteiger partial charge in [0, 0.05) is 54.9 Å². The Bertz CT molecular complexity index is 1280. The molecule has 3 aliphatic rings. The number of nitro groups is 1. The molecule has 9 heteroatoms. The van der Waals surface area contributed by atoms with E-state index in [0.29, 0.717) is 59.8 Å². The molecule has 0 saturated carbocycles. The highest BCUT2D eigenvalue weighted by molar-refractivity contribution is 14.1. The van der Waals surface area contributed by atoms with Crippen LogP contribution in [0, 0.1) is 13.7 Å². The monoisotopic (exact) mass is 601 g/mol. The van der Waals surface area contributed by atoms with Gasteiger partial charge in [-0.25, -0.2) is 0 Å². The number of hydrogen-bond donors (Lipinski definition) is 0. The van der Waals surface area contributed by atoms with E-state index in [-0.39, 0.29) is 23.9 Å². The van der Waals surface area contributed by atoms with Gasteiger partial charge in [0.05, 0.1) is 15.6 Å². The van der Waals surface area contributed by atoms with Crippen LogP contribution in [0.1, 0.15) is 55.6 Å². The van der Waals surface area contributed by atoms with Gasteiger partial charge in [-0.2, -0.15) is 0 Å². The first kappa shape index (κ1) is 24.5. The Balaban J connectivity index is 1.51. The summed E-state index contributed by atoms with van der Waals surface area (Å²) in [6.07, 6.45) is 3.76. The van der Waals surface area contributed by atoms with Crippen LogP contribution < -0.4 is 9.47 Å². The molecule has 0 fully saturated rings. The molecule has 0 bridgehead atoms. The van der Waals surface area contributed by atoms with Gasteiger partial charge in [-0.3, -0.25) is 19.7 Å². The predicted octanol–water partition coefficient (Wildman–Crippen LogP) is 5.92. The summed E-state index contributed by atoms with van der Waals surface area (Å²) in [6.45, 7) is 0.197. The van der Waals surface area contributed by atoms with Crippen LogP contribution >= 0.6 is 22.6 Å². The summed E-state index contributed by atoms with van der Waals surface area (Å²) in [5, 5.41) is 10.9. The van der Waals surface area contributed by atoms with Crippen molar-refractivity contribution in [3.05, 3.63) is 83.9 Å².